The lowest BCUT2D eigenvalue weighted by Crippen LogP contribution is -2.21. The first kappa shape index (κ1) is 11.6. The van der Waals surface area contributed by atoms with Gasteiger partial charge in [-0.05, 0) is 38.4 Å². The number of hydrogen-bond acceptors (Lipinski definition) is 2. The van der Waals surface area contributed by atoms with Crippen molar-refractivity contribution >= 4 is 0 Å². The molecule has 1 aliphatic heterocycles. The number of benzene rings is 1. The van der Waals surface area contributed by atoms with Gasteiger partial charge in [0.15, 0.2) is 0 Å². The van der Waals surface area contributed by atoms with Gasteiger partial charge in [0.2, 0.25) is 0 Å². The van der Waals surface area contributed by atoms with E-state index in [1.165, 1.54) is 23.1 Å². The van der Waals surface area contributed by atoms with Gasteiger partial charge >= 0.3 is 0 Å². The van der Waals surface area contributed by atoms with E-state index < -0.39 is 0 Å². The molecule has 2 heteroatoms. The minimum Gasteiger partial charge on any atom is -0.373 e. The van der Waals surface area contributed by atoms with Crippen molar-refractivity contribution in [1.29, 1.82) is 0 Å². The zero-order valence-corrected chi connectivity index (χ0v) is 10.4. The molecule has 1 N–H and O–H groups in total. The van der Waals surface area contributed by atoms with Crippen molar-refractivity contribution in [3.05, 3.63) is 34.9 Å². The minimum absolute atomic E-state index is 0.285. The molecule has 0 amide bonds. The van der Waals surface area contributed by atoms with Crippen LogP contribution in [0.1, 0.15) is 29.2 Å². The van der Waals surface area contributed by atoms with E-state index in [1.807, 2.05) is 7.05 Å². The summed E-state index contributed by atoms with van der Waals surface area (Å²) in [5.41, 5.74) is 4.04. The largest absolute Gasteiger partial charge is 0.373 e. The lowest BCUT2D eigenvalue weighted by Gasteiger charge is -2.20. The van der Waals surface area contributed by atoms with Crippen molar-refractivity contribution in [2.24, 2.45) is 5.92 Å². The van der Waals surface area contributed by atoms with Gasteiger partial charge in [0.25, 0.3) is 0 Å². The van der Waals surface area contributed by atoms with Gasteiger partial charge in [0.1, 0.15) is 0 Å². The molecule has 1 saturated heterocycles. The molecule has 1 heterocycles. The van der Waals surface area contributed by atoms with E-state index in [0.717, 1.165) is 13.2 Å². The third-order valence-corrected chi connectivity index (χ3v) is 3.42. The minimum atomic E-state index is 0.285. The summed E-state index contributed by atoms with van der Waals surface area (Å²) in [5.74, 6) is 0.616. The van der Waals surface area contributed by atoms with Gasteiger partial charge in [0, 0.05) is 19.1 Å². The zero-order valence-electron chi connectivity index (χ0n) is 10.4. The number of rotatable bonds is 3. The van der Waals surface area contributed by atoms with Crippen molar-refractivity contribution in [3.8, 4) is 0 Å². The Kier molecular flexibility index (Phi) is 3.62. The summed E-state index contributed by atoms with van der Waals surface area (Å²) in [6, 6.07) is 6.64. The first-order chi connectivity index (χ1) is 7.72. The average Bonchev–Trinajstić information content (AvgIpc) is 2.70. The van der Waals surface area contributed by atoms with E-state index in [1.54, 1.807) is 0 Å². The van der Waals surface area contributed by atoms with Gasteiger partial charge < -0.3 is 10.1 Å². The fourth-order valence-electron chi connectivity index (χ4n) is 2.52. The standard InChI is InChI=1S/C14H21NO/c1-10-4-5-11(2)13(8-10)14-12(9-15-3)6-7-16-14/h4-5,8,12,14-15H,6-7,9H2,1-3H3. The van der Waals surface area contributed by atoms with Crippen LogP contribution in [0.3, 0.4) is 0 Å². The Labute approximate surface area is 98.0 Å². The van der Waals surface area contributed by atoms with Crippen LogP contribution >= 0.6 is 0 Å². The van der Waals surface area contributed by atoms with Crippen molar-refractivity contribution < 1.29 is 4.74 Å². The highest BCUT2D eigenvalue weighted by molar-refractivity contribution is 5.33. The van der Waals surface area contributed by atoms with E-state index >= 15 is 0 Å². The van der Waals surface area contributed by atoms with Gasteiger partial charge in [-0.15, -0.1) is 0 Å². The van der Waals surface area contributed by atoms with Crippen molar-refractivity contribution in [2.75, 3.05) is 20.2 Å². The Morgan fingerprint density at radius 1 is 1.38 bits per heavy atom. The van der Waals surface area contributed by atoms with E-state index in [0.29, 0.717) is 5.92 Å². The maximum Gasteiger partial charge on any atom is 0.0868 e. The van der Waals surface area contributed by atoms with Crippen LogP contribution in [0.4, 0.5) is 0 Å². The number of aryl methyl sites for hydroxylation is 2. The van der Waals surface area contributed by atoms with E-state index in [2.05, 4.69) is 37.4 Å². The van der Waals surface area contributed by atoms with Crippen LogP contribution in [0.15, 0.2) is 18.2 Å². The molecule has 16 heavy (non-hydrogen) atoms. The first-order valence-electron chi connectivity index (χ1n) is 6.05. The maximum absolute atomic E-state index is 5.90. The van der Waals surface area contributed by atoms with Crippen LogP contribution in [0.2, 0.25) is 0 Å². The predicted molar refractivity (Wildman–Crippen MR) is 66.6 cm³/mol. The second-order valence-electron chi connectivity index (χ2n) is 4.76. The molecular weight excluding hydrogens is 198 g/mol. The van der Waals surface area contributed by atoms with Crippen LogP contribution in [0.25, 0.3) is 0 Å². The maximum atomic E-state index is 5.90. The molecule has 0 radical (unpaired) electrons. The Hall–Kier alpha value is -0.860. The molecule has 88 valence electrons. The topological polar surface area (TPSA) is 21.3 Å². The molecule has 2 nitrogen and oxygen atoms in total. The molecule has 2 unspecified atom stereocenters. The Morgan fingerprint density at radius 2 is 2.19 bits per heavy atom. The lowest BCUT2D eigenvalue weighted by molar-refractivity contribution is 0.0904. The molecule has 0 spiro atoms. The van der Waals surface area contributed by atoms with Crippen molar-refractivity contribution in [3.63, 3.8) is 0 Å². The summed E-state index contributed by atoms with van der Waals surface area (Å²) in [5, 5.41) is 3.26. The highest BCUT2D eigenvalue weighted by Crippen LogP contribution is 2.35. The second kappa shape index (κ2) is 4.98. The number of hydrogen-bond donors (Lipinski definition) is 1. The van der Waals surface area contributed by atoms with Crippen molar-refractivity contribution in [1.82, 2.24) is 5.32 Å². The summed E-state index contributed by atoms with van der Waals surface area (Å²) in [7, 11) is 2.01. The third kappa shape index (κ3) is 2.28. The van der Waals surface area contributed by atoms with Crippen LogP contribution < -0.4 is 5.32 Å². The summed E-state index contributed by atoms with van der Waals surface area (Å²) >= 11 is 0. The van der Waals surface area contributed by atoms with Crippen LogP contribution in [0.5, 0.6) is 0 Å². The normalized spacial score (nSPS) is 24.9. The summed E-state index contributed by atoms with van der Waals surface area (Å²) < 4.78 is 5.90. The molecule has 0 aliphatic carbocycles. The molecule has 2 atom stereocenters. The molecule has 0 saturated carbocycles. The Balaban J connectivity index is 2.25. The summed E-state index contributed by atoms with van der Waals surface area (Å²) in [6.45, 7) is 6.25. The summed E-state index contributed by atoms with van der Waals surface area (Å²) in [4.78, 5) is 0. The Bertz CT molecular complexity index is 362. The molecule has 1 fully saturated rings. The molecule has 2 rings (SSSR count). The van der Waals surface area contributed by atoms with Gasteiger partial charge in [-0.25, -0.2) is 0 Å². The second-order valence-corrected chi connectivity index (χ2v) is 4.76. The SMILES string of the molecule is CNCC1CCOC1c1cc(C)ccc1C. The van der Waals surface area contributed by atoms with E-state index in [9.17, 15) is 0 Å². The van der Waals surface area contributed by atoms with E-state index in [4.69, 9.17) is 4.74 Å². The molecule has 1 aromatic rings. The highest BCUT2D eigenvalue weighted by atomic mass is 16.5. The fourth-order valence-corrected chi connectivity index (χ4v) is 2.52. The number of ether oxygens (including phenoxy) is 1. The van der Waals surface area contributed by atoms with Gasteiger partial charge in [-0.3, -0.25) is 0 Å². The molecule has 1 aromatic carbocycles. The van der Waals surface area contributed by atoms with Crippen LogP contribution in [0, 0.1) is 19.8 Å². The third-order valence-electron chi connectivity index (χ3n) is 3.42. The predicted octanol–water partition coefficient (Wildman–Crippen LogP) is 2.60. The first-order valence-corrected chi connectivity index (χ1v) is 6.05. The van der Waals surface area contributed by atoms with Crippen molar-refractivity contribution in [2.45, 2.75) is 26.4 Å². The van der Waals surface area contributed by atoms with Gasteiger partial charge in [-0.1, -0.05) is 23.8 Å². The Morgan fingerprint density at radius 3 is 2.94 bits per heavy atom. The fraction of sp³-hybridized carbons (Fsp3) is 0.571. The number of nitrogens with one attached hydrogen (secondary N) is 1. The molecule has 1 aliphatic rings. The van der Waals surface area contributed by atoms with Crippen LogP contribution in [-0.2, 0) is 4.74 Å². The lowest BCUT2D eigenvalue weighted by atomic mass is 9.91. The summed E-state index contributed by atoms with van der Waals surface area (Å²) in [6.07, 6.45) is 1.45. The molecular formula is C14H21NO. The smallest absolute Gasteiger partial charge is 0.0868 e. The zero-order chi connectivity index (χ0) is 11.5. The van der Waals surface area contributed by atoms with Crippen LogP contribution in [-0.4, -0.2) is 20.2 Å². The average molecular weight is 219 g/mol. The van der Waals surface area contributed by atoms with Gasteiger partial charge in [0.05, 0.1) is 6.10 Å². The molecule has 0 bridgehead atoms. The highest BCUT2D eigenvalue weighted by Gasteiger charge is 2.29. The molecule has 0 aromatic heterocycles. The quantitative estimate of drug-likeness (QED) is 0.843. The monoisotopic (exact) mass is 219 g/mol. The van der Waals surface area contributed by atoms with Gasteiger partial charge in [-0.2, -0.15) is 0 Å². The van der Waals surface area contributed by atoms with E-state index in [-0.39, 0.29) is 6.10 Å².